The lowest BCUT2D eigenvalue weighted by molar-refractivity contribution is 0.719. The van der Waals surface area contributed by atoms with Crippen molar-refractivity contribution in [2.45, 2.75) is 49.5 Å². The Balaban J connectivity index is 2.16. The Labute approximate surface area is 80.7 Å². The molecule has 0 aromatic carbocycles. The predicted octanol–water partition coefficient (Wildman–Crippen LogP) is 2.66. The zero-order valence-electron chi connectivity index (χ0n) is 8.31. The van der Waals surface area contributed by atoms with Gasteiger partial charge in [-0.15, -0.1) is 0 Å². The summed E-state index contributed by atoms with van der Waals surface area (Å²) in [4.78, 5) is 0. The molecule has 1 rings (SSSR count). The van der Waals surface area contributed by atoms with Gasteiger partial charge in [0.05, 0.1) is 0 Å². The topological polar surface area (TPSA) is 12.0 Å². The van der Waals surface area contributed by atoms with E-state index in [0.717, 1.165) is 10.5 Å². The minimum Gasteiger partial charge on any atom is -0.319 e. The molecule has 0 aliphatic heterocycles. The molecule has 0 radical (unpaired) electrons. The molecule has 1 saturated carbocycles. The maximum Gasteiger partial charge on any atom is 0.0172 e. The molecule has 0 saturated heterocycles. The van der Waals surface area contributed by atoms with Crippen LogP contribution in [0, 0.1) is 0 Å². The Morgan fingerprint density at radius 3 is 2.58 bits per heavy atom. The predicted molar refractivity (Wildman–Crippen MR) is 57.9 cm³/mol. The van der Waals surface area contributed by atoms with Crippen LogP contribution in [0.5, 0.6) is 0 Å². The van der Waals surface area contributed by atoms with Gasteiger partial charge in [-0.25, -0.2) is 0 Å². The molecule has 12 heavy (non-hydrogen) atoms. The van der Waals surface area contributed by atoms with Gasteiger partial charge in [0, 0.05) is 17.0 Å². The summed E-state index contributed by atoms with van der Waals surface area (Å²) >= 11 is 2.21. The van der Waals surface area contributed by atoms with E-state index < -0.39 is 0 Å². The van der Waals surface area contributed by atoms with Gasteiger partial charge in [0.1, 0.15) is 0 Å². The first-order valence-electron chi connectivity index (χ1n) is 5.17. The number of nitrogens with one attached hydrogen (secondary N) is 1. The van der Waals surface area contributed by atoms with Gasteiger partial charge in [-0.3, -0.25) is 0 Å². The van der Waals surface area contributed by atoms with Crippen LogP contribution in [0.25, 0.3) is 0 Å². The summed E-state index contributed by atoms with van der Waals surface area (Å²) in [5.41, 5.74) is 0. The minimum absolute atomic E-state index is 0.845. The summed E-state index contributed by atoms with van der Waals surface area (Å²) in [5, 5.41) is 5.09. The molecule has 0 aromatic rings. The van der Waals surface area contributed by atoms with Gasteiger partial charge in [-0.1, -0.05) is 19.8 Å². The summed E-state index contributed by atoms with van der Waals surface area (Å²) in [5.74, 6) is 0. The molecule has 0 bridgehead atoms. The van der Waals surface area contributed by atoms with Gasteiger partial charge < -0.3 is 5.32 Å². The quantitative estimate of drug-likeness (QED) is 0.710. The highest BCUT2D eigenvalue weighted by atomic mass is 32.2. The molecule has 0 spiro atoms. The molecular formula is C10H21NS. The molecule has 1 atom stereocenters. The van der Waals surface area contributed by atoms with Crippen molar-refractivity contribution < 1.29 is 0 Å². The van der Waals surface area contributed by atoms with Gasteiger partial charge in [-0.2, -0.15) is 11.8 Å². The third-order valence-electron chi connectivity index (χ3n) is 2.57. The number of hydrogen-bond acceptors (Lipinski definition) is 2. The van der Waals surface area contributed by atoms with Gasteiger partial charge >= 0.3 is 0 Å². The van der Waals surface area contributed by atoms with Crippen molar-refractivity contribution in [2.24, 2.45) is 0 Å². The van der Waals surface area contributed by atoms with Crippen LogP contribution in [-0.4, -0.2) is 24.1 Å². The summed E-state index contributed by atoms with van der Waals surface area (Å²) in [6.07, 6.45) is 7.17. The normalized spacial score (nSPS) is 21.5. The molecule has 0 amide bonds. The third-order valence-corrected chi connectivity index (χ3v) is 4.32. The molecule has 1 N–H and O–H groups in total. The highest BCUT2D eigenvalue weighted by molar-refractivity contribution is 8.00. The van der Waals surface area contributed by atoms with Crippen molar-refractivity contribution in [3.8, 4) is 0 Å². The molecule has 72 valence electrons. The largest absolute Gasteiger partial charge is 0.319 e. The molecule has 0 heterocycles. The Kier molecular flexibility index (Phi) is 5.08. The van der Waals surface area contributed by atoms with E-state index in [0.29, 0.717) is 0 Å². The van der Waals surface area contributed by atoms with E-state index in [1.54, 1.807) is 0 Å². The van der Waals surface area contributed by atoms with Crippen LogP contribution < -0.4 is 5.32 Å². The molecule has 1 aliphatic carbocycles. The summed E-state index contributed by atoms with van der Waals surface area (Å²) in [7, 11) is 2.05. The van der Waals surface area contributed by atoms with Crippen molar-refractivity contribution in [1.29, 1.82) is 0 Å². The molecule has 2 heteroatoms. The van der Waals surface area contributed by atoms with E-state index in [1.807, 2.05) is 0 Å². The monoisotopic (exact) mass is 187 g/mol. The van der Waals surface area contributed by atoms with E-state index in [2.05, 4.69) is 31.1 Å². The molecule has 1 nitrogen and oxygen atoms in total. The van der Waals surface area contributed by atoms with Crippen LogP contribution in [0.2, 0.25) is 0 Å². The van der Waals surface area contributed by atoms with Gasteiger partial charge in [-0.05, 0) is 26.3 Å². The Bertz CT molecular complexity index is 110. The number of hydrogen-bond donors (Lipinski definition) is 1. The summed E-state index contributed by atoms with van der Waals surface area (Å²) in [6, 6.07) is 0. The Morgan fingerprint density at radius 1 is 1.42 bits per heavy atom. The standard InChI is InChI=1S/C10H21NS/c1-3-9(8-11-2)12-10-6-4-5-7-10/h9-11H,3-8H2,1-2H3. The highest BCUT2D eigenvalue weighted by Gasteiger charge is 2.18. The van der Waals surface area contributed by atoms with E-state index in [1.165, 1.54) is 38.6 Å². The fourth-order valence-electron chi connectivity index (χ4n) is 1.81. The maximum atomic E-state index is 3.27. The van der Waals surface area contributed by atoms with Crippen LogP contribution in [0.1, 0.15) is 39.0 Å². The third kappa shape index (κ3) is 3.36. The zero-order valence-corrected chi connectivity index (χ0v) is 9.12. The van der Waals surface area contributed by atoms with Crippen LogP contribution in [0.3, 0.4) is 0 Å². The zero-order chi connectivity index (χ0) is 8.81. The van der Waals surface area contributed by atoms with Gasteiger partial charge in [0.15, 0.2) is 0 Å². The first-order valence-corrected chi connectivity index (χ1v) is 6.11. The molecule has 1 aliphatic rings. The van der Waals surface area contributed by atoms with Crippen LogP contribution in [0.4, 0.5) is 0 Å². The van der Waals surface area contributed by atoms with E-state index >= 15 is 0 Å². The van der Waals surface area contributed by atoms with Crippen molar-refractivity contribution in [2.75, 3.05) is 13.6 Å². The van der Waals surface area contributed by atoms with Crippen LogP contribution in [0.15, 0.2) is 0 Å². The number of thioether (sulfide) groups is 1. The Morgan fingerprint density at radius 2 is 2.08 bits per heavy atom. The molecule has 0 aromatic heterocycles. The fraction of sp³-hybridized carbons (Fsp3) is 1.00. The van der Waals surface area contributed by atoms with Crippen molar-refractivity contribution in [1.82, 2.24) is 5.32 Å². The molecule has 1 fully saturated rings. The average molecular weight is 187 g/mol. The van der Waals surface area contributed by atoms with Crippen LogP contribution >= 0.6 is 11.8 Å². The second-order valence-corrected chi connectivity index (χ2v) is 5.24. The lowest BCUT2D eigenvalue weighted by Crippen LogP contribution is -2.22. The second kappa shape index (κ2) is 5.87. The highest BCUT2D eigenvalue weighted by Crippen LogP contribution is 2.32. The van der Waals surface area contributed by atoms with E-state index in [9.17, 15) is 0 Å². The van der Waals surface area contributed by atoms with Gasteiger partial charge in [0.2, 0.25) is 0 Å². The van der Waals surface area contributed by atoms with E-state index in [-0.39, 0.29) is 0 Å². The van der Waals surface area contributed by atoms with E-state index in [4.69, 9.17) is 0 Å². The first kappa shape index (κ1) is 10.4. The number of rotatable bonds is 5. The lowest BCUT2D eigenvalue weighted by atomic mass is 10.3. The summed E-state index contributed by atoms with van der Waals surface area (Å²) < 4.78 is 0. The average Bonchev–Trinajstić information content (AvgIpc) is 2.56. The molecular weight excluding hydrogens is 166 g/mol. The SMILES string of the molecule is CCC(CNC)SC1CCCC1. The maximum absolute atomic E-state index is 3.27. The lowest BCUT2D eigenvalue weighted by Gasteiger charge is -2.18. The van der Waals surface area contributed by atoms with Crippen molar-refractivity contribution in [3.05, 3.63) is 0 Å². The fourth-order valence-corrected chi connectivity index (χ4v) is 3.42. The summed E-state index contributed by atoms with van der Waals surface area (Å²) in [6.45, 7) is 3.47. The van der Waals surface area contributed by atoms with Gasteiger partial charge in [0.25, 0.3) is 0 Å². The minimum atomic E-state index is 0.845. The van der Waals surface area contributed by atoms with Crippen molar-refractivity contribution in [3.63, 3.8) is 0 Å². The molecule has 1 unspecified atom stereocenters. The Hall–Kier alpha value is 0.310. The smallest absolute Gasteiger partial charge is 0.0172 e. The first-order chi connectivity index (χ1) is 5.86. The second-order valence-electron chi connectivity index (χ2n) is 3.63. The van der Waals surface area contributed by atoms with Crippen LogP contribution in [-0.2, 0) is 0 Å². The van der Waals surface area contributed by atoms with Crippen molar-refractivity contribution >= 4 is 11.8 Å².